The molecule has 1 saturated carbocycles. The van der Waals surface area contributed by atoms with Crippen LogP contribution < -0.4 is 10.1 Å². The molecule has 1 heterocycles. The van der Waals surface area contributed by atoms with Crippen LogP contribution in [0.2, 0.25) is 0 Å². The number of hydrogen-bond donors (Lipinski definition) is 1. The van der Waals surface area contributed by atoms with E-state index in [1.165, 1.54) is 17.8 Å². The zero-order valence-corrected chi connectivity index (χ0v) is 23.0. The Labute approximate surface area is 229 Å². The number of carbonyl (C=O) groups excluding carboxylic acids is 2. The Balaban J connectivity index is 1.47. The van der Waals surface area contributed by atoms with Gasteiger partial charge in [-0.1, -0.05) is 61.7 Å². The number of thiazole rings is 1. The minimum atomic E-state index is -0.348. The lowest BCUT2D eigenvalue weighted by atomic mass is 9.88. The van der Waals surface area contributed by atoms with Crippen molar-refractivity contribution >= 4 is 29.3 Å². The molecule has 0 bridgehead atoms. The second kappa shape index (κ2) is 13.9. The van der Waals surface area contributed by atoms with Crippen molar-refractivity contribution in [1.29, 1.82) is 0 Å². The average molecular weight is 533 g/mol. The van der Waals surface area contributed by atoms with Crippen LogP contribution in [0.4, 0.5) is 0 Å². The van der Waals surface area contributed by atoms with Crippen molar-refractivity contribution in [3.8, 4) is 5.75 Å². The van der Waals surface area contributed by atoms with Gasteiger partial charge >= 0.3 is 5.97 Å². The third kappa shape index (κ3) is 8.02. The van der Waals surface area contributed by atoms with Gasteiger partial charge in [-0.3, -0.25) is 4.79 Å². The quantitative estimate of drug-likeness (QED) is 0.220. The van der Waals surface area contributed by atoms with Gasteiger partial charge in [-0.2, -0.15) is 0 Å². The zero-order chi connectivity index (χ0) is 26.7. The maximum atomic E-state index is 13.2. The van der Waals surface area contributed by atoms with Crippen LogP contribution in [0, 0.1) is 5.92 Å². The van der Waals surface area contributed by atoms with Crippen molar-refractivity contribution in [1.82, 2.24) is 10.3 Å². The first kappa shape index (κ1) is 27.6. The highest BCUT2D eigenvalue weighted by Gasteiger charge is 2.25. The smallest absolute Gasteiger partial charge is 0.333 e. The van der Waals surface area contributed by atoms with E-state index < -0.39 is 0 Å². The summed E-state index contributed by atoms with van der Waals surface area (Å²) in [5.74, 6) is 0.619. The van der Waals surface area contributed by atoms with Crippen molar-refractivity contribution in [2.45, 2.75) is 65.0 Å². The number of carbonyl (C=O) groups is 2. The zero-order valence-electron chi connectivity index (χ0n) is 22.2. The SMILES string of the molecule is CCOC(=O)/C(C)=C\c1csc([C@H](Cc2ccc(OCc3ccccc3)cc2)NC(=O)C2CCCCC2)n1. The van der Waals surface area contributed by atoms with E-state index in [0.29, 0.717) is 30.9 Å². The third-order valence-electron chi connectivity index (χ3n) is 6.70. The van der Waals surface area contributed by atoms with E-state index >= 15 is 0 Å². The molecule has 200 valence electrons. The fourth-order valence-corrected chi connectivity index (χ4v) is 5.43. The summed E-state index contributed by atoms with van der Waals surface area (Å²) in [6.45, 7) is 4.35. The van der Waals surface area contributed by atoms with E-state index in [2.05, 4.69) is 5.32 Å². The Kier molecular flexibility index (Phi) is 10.1. The summed E-state index contributed by atoms with van der Waals surface area (Å²) in [6, 6.07) is 17.8. The predicted octanol–water partition coefficient (Wildman–Crippen LogP) is 6.67. The van der Waals surface area contributed by atoms with Gasteiger partial charge in [0.2, 0.25) is 5.91 Å². The normalized spacial score (nSPS) is 15.1. The number of nitrogens with zero attached hydrogens (tertiary/aromatic N) is 1. The summed E-state index contributed by atoms with van der Waals surface area (Å²) in [5.41, 5.74) is 3.39. The van der Waals surface area contributed by atoms with E-state index in [1.807, 2.05) is 60.0 Å². The molecule has 38 heavy (non-hydrogen) atoms. The Morgan fingerprint density at radius 2 is 1.79 bits per heavy atom. The van der Waals surface area contributed by atoms with Gasteiger partial charge in [-0.15, -0.1) is 11.3 Å². The third-order valence-corrected chi connectivity index (χ3v) is 7.68. The second-order valence-corrected chi connectivity index (χ2v) is 10.6. The lowest BCUT2D eigenvalue weighted by Gasteiger charge is -2.24. The van der Waals surface area contributed by atoms with Crippen LogP contribution in [0.25, 0.3) is 6.08 Å². The molecule has 2 aromatic carbocycles. The number of rotatable bonds is 11. The summed E-state index contributed by atoms with van der Waals surface area (Å²) >= 11 is 1.49. The molecular weight excluding hydrogens is 496 g/mol. The molecular formula is C31H36N2O4S. The highest BCUT2D eigenvalue weighted by atomic mass is 32.1. The molecule has 0 unspecified atom stereocenters. The standard InChI is InChI=1S/C31H36N2O4S/c1-3-36-31(35)22(2)18-26-21-38-30(32-26)28(33-29(34)25-12-8-5-9-13-25)19-23-14-16-27(17-15-23)37-20-24-10-6-4-7-11-24/h4,6-7,10-11,14-18,21,25,28H,3,5,8-9,12-13,19-20H2,1-2H3,(H,33,34)/b22-18-/t28-/m0/s1. The van der Waals surface area contributed by atoms with Gasteiger partial charge in [0.15, 0.2) is 0 Å². The lowest BCUT2D eigenvalue weighted by molar-refractivity contribution is -0.138. The largest absolute Gasteiger partial charge is 0.489 e. The Bertz CT molecular complexity index is 1210. The number of amides is 1. The molecule has 1 aromatic heterocycles. The van der Waals surface area contributed by atoms with E-state index in [1.54, 1.807) is 19.9 Å². The molecule has 1 amide bonds. The molecule has 1 N–H and O–H groups in total. The van der Waals surface area contributed by atoms with E-state index in [0.717, 1.165) is 47.6 Å². The van der Waals surface area contributed by atoms with Gasteiger partial charge in [0, 0.05) is 16.9 Å². The van der Waals surface area contributed by atoms with Gasteiger partial charge in [0.1, 0.15) is 17.4 Å². The van der Waals surface area contributed by atoms with Gasteiger partial charge in [-0.05, 0) is 62.4 Å². The first-order valence-corrected chi connectivity index (χ1v) is 14.3. The summed E-state index contributed by atoms with van der Waals surface area (Å²) in [5, 5.41) is 6.02. The number of nitrogens with one attached hydrogen (secondary N) is 1. The van der Waals surface area contributed by atoms with E-state index in [9.17, 15) is 9.59 Å². The van der Waals surface area contributed by atoms with Crippen LogP contribution in [-0.2, 0) is 27.4 Å². The monoisotopic (exact) mass is 532 g/mol. The molecule has 1 atom stereocenters. The van der Waals surface area contributed by atoms with Crippen LogP contribution in [0.15, 0.2) is 65.6 Å². The van der Waals surface area contributed by atoms with Gasteiger partial charge in [0.25, 0.3) is 0 Å². The molecule has 1 fully saturated rings. The highest BCUT2D eigenvalue weighted by molar-refractivity contribution is 7.09. The van der Waals surface area contributed by atoms with Crippen molar-refractivity contribution in [2.75, 3.05) is 6.61 Å². The Morgan fingerprint density at radius 1 is 1.05 bits per heavy atom. The Morgan fingerprint density at radius 3 is 2.50 bits per heavy atom. The van der Waals surface area contributed by atoms with Crippen LogP contribution in [0.5, 0.6) is 5.75 Å². The molecule has 1 aliphatic carbocycles. The fraction of sp³-hybridized carbons (Fsp3) is 0.387. The van der Waals surface area contributed by atoms with Crippen molar-refractivity contribution in [2.24, 2.45) is 5.92 Å². The molecule has 1 aliphatic rings. The minimum absolute atomic E-state index is 0.0606. The lowest BCUT2D eigenvalue weighted by Crippen LogP contribution is -2.35. The number of aromatic nitrogens is 1. The number of esters is 1. The van der Waals surface area contributed by atoms with Crippen molar-refractivity contribution < 1.29 is 19.1 Å². The van der Waals surface area contributed by atoms with E-state index in [4.69, 9.17) is 14.5 Å². The second-order valence-electron chi connectivity index (χ2n) is 9.68. The first-order valence-electron chi connectivity index (χ1n) is 13.4. The van der Waals surface area contributed by atoms with Gasteiger partial charge in [0.05, 0.1) is 18.3 Å². The molecule has 0 saturated heterocycles. The molecule has 3 aromatic rings. The molecule has 0 radical (unpaired) electrons. The predicted molar refractivity (Wildman–Crippen MR) is 151 cm³/mol. The number of benzene rings is 2. The number of hydrogen-bond acceptors (Lipinski definition) is 6. The summed E-state index contributed by atoms with van der Waals surface area (Å²) < 4.78 is 11.0. The molecule has 4 rings (SSSR count). The van der Waals surface area contributed by atoms with Crippen molar-refractivity contribution in [3.05, 3.63) is 87.4 Å². The molecule has 6 nitrogen and oxygen atoms in total. The maximum Gasteiger partial charge on any atom is 0.333 e. The summed E-state index contributed by atoms with van der Waals surface area (Å²) in [6.07, 6.45) is 7.64. The van der Waals surface area contributed by atoms with Crippen LogP contribution in [0.1, 0.15) is 73.8 Å². The van der Waals surface area contributed by atoms with Crippen LogP contribution >= 0.6 is 11.3 Å². The van der Waals surface area contributed by atoms with Gasteiger partial charge in [-0.25, -0.2) is 9.78 Å². The fourth-order valence-electron chi connectivity index (χ4n) is 4.61. The molecule has 0 aliphatic heterocycles. The topological polar surface area (TPSA) is 77.5 Å². The van der Waals surface area contributed by atoms with E-state index in [-0.39, 0.29) is 23.8 Å². The molecule has 7 heteroatoms. The molecule has 0 spiro atoms. The first-order chi connectivity index (χ1) is 18.5. The maximum absolute atomic E-state index is 13.2. The number of ether oxygens (including phenoxy) is 2. The van der Waals surface area contributed by atoms with Crippen LogP contribution in [-0.4, -0.2) is 23.5 Å². The van der Waals surface area contributed by atoms with Crippen molar-refractivity contribution in [3.63, 3.8) is 0 Å². The minimum Gasteiger partial charge on any atom is -0.489 e. The highest BCUT2D eigenvalue weighted by Crippen LogP contribution is 2.28. The van der Waals surface area contributed by atoms with Gasteiger partial charge < -0.3 is 14.8 Å². The van der Waals surface area contributed by atoms with Crippen LogP contribution in [0.3, 0.4) is 0 Å². The summed E-state index contributed by atoms with van der Waals surface area (Å²) in [7, 11) is 0. The Hall–Kier alpha value is -3.45. The average Bonchev–Trinajstić information content (AvgIpc) is 3.42. The summed E-state index contributed by atoms with van der Waals surface area (Å²) in [4.78, 5) is 29.9.